The van der Waals surface area contributed by atoms with Crippen LogP contribution in [-0.4, -0.2) is 18.6 Å². The molecule has 1 rings (SSSR count). The Kier molecular flexibility index (Phi) is 5.80. The first-order valence-electron chi connectivity index (χ1n) is 6.49. The second-order valence-electron chi connectivity index (χ2n) is 4.72. The smallest absolute Gasteiger partial charge is 0.389 e. The summed E-state index contributed by atoms with van der Waals surface area (Å²) >= 11 is 4.68. The standard InChI is InChI=1S/C14H19F3N2S/c1-3-4-5-8-19(2)10-6-7-11(13(18)20)12(9-10)14(15,16)17/h6-7,9H,3-5,8H2,1-2H3,(H2,18,20). The van der Waals surface area contributed by atoms with E-state index in [1.54, 1.807) is 13.1 Å². The summed E-state index contributed by atoms with van der Waals surface area (Å²) < 4.78 is 39.1. The molecular formula is C14H19F3N2S. The van der Waals surface area contributed by atoms with E-state index in [0.29, 0.717) is 5.69 Å². The van der Waals surface area contributed by atoms with E-state index in [0.717, 1.165) is 31.9 Å². The highest BCUT2D eigenvalue weighted by molar-refractivity contribution is 7.80. The van der Waals surface area contributed by atoms with Gasteiger partial charge in [-0.1, -0.05) is 32.0 Å². The number of benzene rings is 1. The van der Waals surface area contributed by atoms with Crippen LogP contribution in [0.2, 0.25) is 0 Å². The van der Waals surface area contributed by atoms with Crippen molar-refractivity contribution in [3.63, 3.8) is 0 Å². The summed E-state index contributed by atoms with van der Waals surface area (Å²) in [5, 5.41) is 0. The SMILES string of the molecule is CCCCCN(C)c1ccc(C(N)=S)c(C(F)(F)F)c1. The largest absolute Gasteiger partial charge is 0.417 e. The minimum absolute atomic E-state index is 0.127. The Hall–Kier alpha value is -1.30. The van der Waals surface area contributed by atoms with Crippen molar-refractivity contribution in [1.29, 1.82) is 0 Å². The van der Waals surface area contributed by atoms with Crippen molar-refractivity contribution in [2.24, 2.45) is 5.73 Å². The lowest BCUT2D eigenvalue weighted by molar-refractivity contribution is -0.137. The first-order chi connectivity index (χ1) is 9.27. The van der Waals surface area contributed by atoms with Crippen molar-refractivity contribution < 1.29 is 13.2 Å². The number of anilines is 1. The Morgan fingerprint density at radius 1 is 1.30 bits per heavy atom. The van der Waals surface area contributed by atoms with Crippen LogP contribution in [0.3, 0.4) is 0 Å². The quantitative estimate of drug-likeness (QED) is 0.637. The van der Waals surface area contributed by atoms with E-state index in [1.807, 2.05) is 4.90 Å². The molecule has 0 aliphatic carbocycles. The van der Waals surface area contributed by atoms with Gasteiger partial charge in [0.15, 0.2) is 0 Å². The van der Waals surface area contributed by atoms with E-state index in [2.05, 4.69) is 19.1 Å². The van der Waals surface area contributed by atoms with Gasteiger partial charge in [0.25, 0.3) is 0 Å². The van der Waals surface area contributed by atoms with Crippen LogP contribution in [0.5, 0.6) is 0 Å². The van der Waals surface area contributed by atoms with Crippen molar-refractivity contribution in [3.05, 3.63) is 29.3 Å². The zero-order valence-corrected chi connectivity index (χ0v) is 12.4. The number of thiocarbonyl (C=S) groups is 1. The number of halogens is 3. The van der Waals surface area contributed by atoms with Gasteiger partial charge in [-0.2, -0.15) is 13.2 Å². The van der Waals surface area contributed by atoms with Gasteiger partial charge >= 0.3 is 6.18 Å². The molecule has 0 aliphatic heterocycles. The van der Waals surface area contributed by atoms with Crippen LogP contribution in [0.15, 0.2) is 18.2 Å². The van der Waals surface area contributed by atoms with Crippen molar-refractivity contribution in [2.75, 3.05) is 18.5 Å². The van der Waals surface area contributed by atoms with Crippen molar-refractivity contribution in [2.45, 2.75) is 32.4 Å². The molecule has 0 atom stereocenters. The highest BCUT2D eigenvalue weighted by Crippen LogP contribution is 2.34. The first kappa shape index (κ1) is 16.8. The van der Waals surface area contributed by atoms with Crippen LogP contribution in [0.1, 0.15) is 37.3 Å². The number of hydrogen-bond acceptors (Lipinski definition) is 2. The zero-order valence-electron chi connectivity index (χ0n) is 11.6. The Morgan fingerprint density at radius 3 is 2.45 bits per heavy atom. The number of nitrogens with zero attached hydrogens (tertiary/aromatic N) is 1. The Morgan fingerprint density at radius 2 is 1.95 bits per heavy atom. The van der Waals surface area contributed by atoms with E-state index in [4.69, 9.17) is 5.73 Å². The molecule has 20 heavy (non-hydrogen) atoms. The molecule has 6 heteroatoms. The van der Waals surface area contributed by atoms with Gasteiger partial charge in [-0.25, -0.2) is 0 Å². The molecule has 112 valence electrons. The van der Waals surface area contributed by atoms with Gasteiger partial charge in [0, 0.05) is 24.8 Å². The maximum atomic E-state index is 13.0. The number of alkyl halides is 3. The van der Waals surface area contributed by atoms with Gasteiger partial charge in [0.1, 0.15) is 4.99 Å². The van der Waals surface area contributed by atoms with Gasteiger partial charge in [-0.15, -0.1) is 0 Å². The fourth-order valence-corrected chi connectivity index (χ4v) is 2.13. The third-order valence-corrected chi connectivity index (χ3v) is 3.33. The van der Waals surface area contributed by atoms with Gasteiger partial charge < -0.3 is 10.6 Å². The molecule has 0 aromatic heterocycles. The maximum absolute atomic E-state index is 13.0. The molecule has 0 aliphatic rings. The summed E-state index contributed by atoms with van der Waals surface area (Å²) in [7, 11) is 1.78. The normalized spacial score (nSPS) is 11.4. The Bertz CT molecular complexity index is 472. The highest BCUT2D eigenvalue weighted by atomic mass is 32.1. The van der Waals surface area contributed by atoms with E-state index in [9.17, 15) is 13.2 Å². The number of nitrogens with two attached hydrogens (primary N) is 1. The fourth-order valence-electron chi connectivity index (χ4n) is 1.95. The summed E-state index contributed by atoms with van der Waals surface area (Å²) in [6.07, 6.45) is -1.38. The number of hydrogen-bond donors (Lipinski definition) is 1. The summed E-state index contributed by atoms with van der Waals surface area (Å²) in [5.41, 5.74) is 4.98. The third kappa shape index (κ3) is 4.37. The minimum Gasteiger partial charge on any atom is -0.389 e. The third-order valence-electron chi connectivity index (χ3n) is 3.11. The summed E-state index contributed by atoms with van der Waals surface area (Å²) in [6.45, 7) is 2.80. The van der Waals surface area contributed by atoms with E-state index < -0.39 is 11.7 Å². The van der Waals surface area contributed by atoms with Crippen LogP contribution in [-0.2, 0) is 6.18 Å². The molecule has 0 radical (unpaired) electrons. The zero-order chi connectivity index (χ0) is 15.3. The summed E-state index contributed by atoms with van der Waals surface area (Å²) in [4.78, 5) is 1.58. The summed E-state index contributed by atoms with van der Waals surface area (Å²) in [6, 6.07) is 4.08. The molecule has 2 nitrogen and oxygen atoms in total. The second kappa shape index (κ2) is 6.92. The first-order valence-corrected chi connectivity index (χ1v) is 6.90. The topological polar surface area (TPSA) is 29.3 Å². The van der Waals surface area contributed by atoms with Gasteiger partial charge in [0.05, 0.1) is 5.56 Å². The van der Waals surface area contributed by atoms with E-state index in [-0.39, 0.29) is 10.6 Å². The lowest BCUT2D eigenvalue weighted by Gasteiger charge is -2.22. The monoisotopic (exact) mass is 304 g/mol. The molecule has 0 unspecified atom stereocenters. The summed E-state index contributed by atoms with van der Waals surface area (Å²) in [5.74, 6) is 0. The molecule has 0 heterocycles. The lowest BCUT2D eigenvalue weighted by atomic mass is 10.1. The highest BCUT2D eigenvalue weighted by Gasteiger charge is 2.34. The average molecular weight is 304 g/mol. The minimum atomic E-state index is -4.46. The van der Waals surface area contributed by atoms with Gasteiger partial charge in [-0.05, 0) is 24.6 Å². The van der Waals surface area contributed by atoms with Crippen LogP contribution in [0.4, 0.5) is 18.9 Å². The molecule has 0 amide bonds. The van der Waals surface area contributed by atoms with Crippen LogP contribution in [0, 0.1) is 0 Å². The predicted octanol–water partition coefficient (Wildman–Crippen LogP) is 3.97. The Balaban J connectivity index is 3.03. The van der Waals surface area contributed by atoms with Crippen molar-refractivity contribution >= 4 is 22.9 Å². The van der Waals surface area contributed by atoms with Crippen molar-refractivity contribution in [1.82, 2.24) is 0 Å². The van der Waals surface area contributed by atoms with E-state index >= 15 is 0 Å². The predicted molar refractivity (Wildman–Crippen MR) is 80.1 cm³/mol. The number of unbranched alkanes of at least 4 members (excludes halogenated alkanes) is 2. The van der Waals surface area contributed by atoms with E-state index in [1.165, 1.54) is 6.07 Å². The molecule has 0 fully saturated rings. The van der Waals surface area contributed by atoms with Crippen LogP contribution >= 0.6 is 12.2 Å². The Labute approximate surface area is 122 Å². The molecular weight excluding hydrogens is 285 g/mol. The second-order valence-corrected chi connectivity index (χ2v) is 5.16. The molecule has 0 saturated heterocycles. The molecule has 0 saturated carbocycles. The molecule has 2 N–H and O–H groups in total. The lowest BCUT2D eigenvalue weighted by Crippen LogP contribution is -2.22. The molecule has 0 bridgehead atoms. The van der Waals surface area contributed by atoms with Crippen molar-refractivity contribution in [3.8, 4) is 0 Å². The molecule has 0 spiro atoms. The van der Waals surface area contributed by atoms with Crippen LogP contribution < -0.4 is 10.6 Å². The van der Waals surface area contributed by atoms with Gasteiger partial charge in [-0.3, -0.25) is 0 Å². The van der Waals surface area contributed by atoms with Crippen LogP contribution in [0.25, 0.3) is 0 Å². The maximum Gasteiger partial charge on any atom is 0.417 e. The van der Waals surface area contributed by atoms with Gasteiger partial charge in [0.2, 0.25) is 0 Å². The molecule has 1 aromatic rings. The molecule has 1 aromatic carbocycles. The number of rotatable bonds is 6. The average Bonchev–Trinajstić information content (AvgIpc) is 2.37. The fraction of sp³-hybridized carbons (Fsp3) is 0.500.